The first-order chi connectivity index (χ1) is 20.8. The number of nitrogens with one attached hydrogen (secondary N) is 2. The minimum Gasteiger partial charge on any atom is -0.433 e. The number of halogens is 6. The van der Waals surface area contributed by atoms with Gasteiger partial charge in [-0.05, 0) is 11.1 Å². The maximum atomic E-state index is 13.2. The number of anilines is 2. The van der Waals surface area contributed by atoms with E-state index in [-0.39, 0.29) is 24.6 Å². The first-order valence-corrected chi connectivity index (χ1v) is 13.4. The monoisotopic (exact) mass is 600 g/mol. The average molecular weight is 600 g/mol. The van der Waals surface area contributed by atoms with Crippen molar-refractivity contribution in [1.29, 1.82) is 0 Å². The predicted molar refractivity (Wildman–Crippen MR) is 156 cm³/mol. The van der Waals surface area contributed by atoms with Gasteiger partial charge in [-0.3, -0.25) is 0 Å². The topological polar surface area (TPSA) is 51.8 Å². The Balaban J connectivity index is 1.07. The molecule has 4 aromatic rings. The molecule has 0 fully saturated rings. The molecule has 0 heterocycles. The Bertz CT molecular complexity index is 1320. The molecule has 0 aliphatic carbocycles. The zero-order valence-electron chi connectivity index (χ0n) is 23.1. The quantitative estimate of drug-likeness (QED) is 0.0863. The molecule has 0 aliphatic heterocycles. The van der Waals surface area contributed by atoms with Gasteiger partial charge >= 0.3 is 15.0 Å². The molecule has 4 aromatic carbocycles. The number of hydrogen-bond acceptors (Lipinski definition) is 5. The minimum absolute atomic E-state index is 0.138. The van der Waals surface area contributed by atoms with Crippen molar-refractivity contribution >= 4 is 37.3 Å². The van der Waals surface area contributed by atoms with Crippen LogP contribution in [0.1, 0.15) is 11.1 Å². The fraction of sp³-hybridized carbons (Fsp3) is 0.200. The second kappa shape index (κ2) is 16.1. The zero-order valence-corrected chi connectivity index (χ0v) is 23.1. The second-order valence-corrected chi connectivity index (χ2v) is 9.59. The van der Waals surface area contributed by atoms with Crippen LogP contribution in [0.4, 0.5) is 37.7 Å². The minimum atomic E-state index is -1.50. The Morgan fingerprint density at radius 3 is 1.21 bits per heavy atom. The Morgan fingerprint density at radius 1 is 0.512 bits per heavy atom. The maximum Gasteiger partial charge on any atom is 0.308 e. The van der Waals surface area contributed by atoms with E-state index in [2.05, 4.69) is 10.6 Å². The third-order valence-electron chi connectivity index (χ3n) is 6.24. The SMILES string of the molecule is Fc1cc(NCCOBc2ccc(COCc3ccc(BOCCNc4cc(F)c(F)c(F)c4)cc3)cc2)cc(F)c1F. The van der Waals surface area contributed by atoms with E-state index in [0.717, 1.165) is 46.3 Å². The summed E-state index contributed by atoms with van der Waals surface area (Å²) in [6.45, 7) is 2.02. The maximum absolute atomic E-state index is 13.2. The van der Waals surface area contributed by atoms with E-state index in [0.29, 0.717) is 41.3 Å². The van der Waals surface area contributed by atoms with Gasteiger partial charge in [0.2, 0.25) is 0 Å². The van der Waals surface area contributed by atoms with Crippen LogP contribution in [0.15, 0.2) is 72.8 Å². The Morgan fingerprint density at radius 2 is 0.860 bits per heavy atom. The molecular weight excluding hydrogens is 572 g/mol. The first kappa shape index (κ1) is 32.0. The van der Waals surface area contributed by atoms with Crippen LogP contribution in [-0.2, 0) is 27.3 Å². The van der Waals surface area contributed by atoms with Crippen LogP contribution < -0.4 is 21.6 Å². The molecule has 0 radical (unpaired) electrons. The van der Waals surface area contributed by atoms with Crippen LogP contribution >= 0.6 is 0 Å². The van der Waals surface area contributed by atoms with Gasteiger partial charge in [0, 0.05) is 61.9 Å². The second-order valence-electron chi connectivity index (χ2n) is 9.59. The Labute approximate surface area is 246 Å². The van der Waals surface area contributed by atoms with Crippen molar-refractivity contribution in [1.82, 2.24) is 0 Å². The van der Waals surface area contributed by atoms with Crippen LogP contribution in [0.3, 0.4) is 0 Å². The van der Waals surface area contributed by atoms with Gasteiger partial charge in [0.15, 0.2) is 34.9 Å². The molecule has 0 unspecified atom stereocenters. The highest BCUT2D eigenvalue weighted by atomic mass is 19.2. The van der Waals surface area contributed by atoms with Gasteiger partial charge in [-0.1, -0.05) is 59.5 Å². The first-order valence-electron chi connectivity index (χ1n) is 13.4. The summed E-state index contributed by atoms with van der Waals surface area (Å²) in [7, 11) is 0.714. The van der Waals surface area contributed by atoms with Gasteiger partial charge in [0.25, 0.3) is 0 Å². The number of benzene rings is 4. The van der Waals surface area contributed by atoms with Gasteiger partial charge in [-0.25, -0.2) is 26.3 Å². The molecule has 0 atom stereocenters. The van der Waals surface area contributed by atoms with E-state index in [9.17, 15) is 26.3 Å². The lowest BCUT2D eigenvalue weighted by Crippen LogP contribution is -2.21. The van der Waals surface area contributed by atoms with Crippen LogP contribution in [0.25, 0.3) is 0 Å². The summed E-state index contributed by atoms with van der Waals surface area (Å²) in [6, 6.07) is 19.1. The molecule has 43 heavy (non-hydrogen) atoms. The summed E-state index contributed by atoms with van der Waals surface area (Å²) in [5, 5.41) is 5.57. The van der Waals surface area contributed by atoms with E-state index in [1.54, 1.807) is 0 Å². The molecule has 2 N–H and O–H groups in total. The number of ether oxygens (including phenoxy) is 1. The van der Waals surface area contributed by atoms with Gasteiger partial charge in [-0.2, -0.15) is 0 Å². The van der Waals surface area contributed by atoms with Gasteiger partial charge in [0.05, 0.1) is 13.2 Å². The van der Waals surface area contributed by atoms with Crippen molar-refractivity contribution in [3.63, 3.8) is 0 Å². The van der Waals surface area contributed by atoms with Crippen LogP contribution in [0, 0.1) is 34.9 Å². The van der Waals surface area contributed by atoms with Crippen LogP contribution in [-0.4, -0.2) is 41.3 Å². The van der Waals surface area contributed by atoms with E-state index in [1.165, 1.54) is 0 Å². The van der Waals surface area contributed by atoms with E-state index in [1.807, 2.05) is 48.5 Å². The lowest BCUT2D eigenvalue weighted by atomic mass is 9.87. The summed E-state index contributed by atoms with van der Waals surface area (Å²) in [4.78, 5) is 0. The van der Waals surface area contributed by atoms with Crippen molar-refractivity contribution in [2.24, 2.45) is 0 Å². The van der Waals surface area contributed by atoms with E-state index >= 15 is 0 Å². The molecular formula is C30H28B2F6N2O3. The highest BCUT2D eigenvalue weighted by molar-refractivity contribution is 6.47. The Kier molecular flexibility index (Phi) is 12.0. The van der Waals surface area contributed by atoms with Gasteiger partial charge in [-0.15, -0.1) is 0 Å². The van der Waals surface area contributed by atoms with Crippen molar-refractivity contribution < 1.29 is 40.4 Å². The van der Waals surface area contributed by atoms with Gasteiger partial charge < -0.3 is 24.7 Å². The zero-order chi connectivity index (χ0) is 30.6. The normalized spacial score (nSPS) is 10.9. The third kappa shape index (κ3) is 10.1. The highest BCUT2D eigenvalue weighted by Gasteiger charge is 2.11. The molecule has 0 aromatic heterocycles. The lowest BCUT2D eigenvalue weighted by Gasteiger charge is -2.09. The van der Waals surface area contributed by atoms with Crippen molar-refractivity contribution in [3.8, 4) is 0 Å². The Hall–Kier alpha value is -3.93. The number of hydrogen-bond donors (Lipinski definition) is 2. The lowest BCUT2D eigenvalue weighted by molar-refractivity contribution is 0.107. The fourth-order valence-electron chi connectivity index (χ4n) is 3.98. The molecule has 224 valence electrons. The van der Waals surface area contributed by atoms with Crippen LogP contribution in [0.5, 0.6) is 0 Å². The molecule has 0 spiro atoms. The molecule has 0 saturated carbocycles. The highest BCUT2D eigenvalue weighted by Crippen LogP contribution is 2.18. The van der Waals surface area contributed by atoms with Crippen molar-refractivity contribution in [2.45, 2.75) is 13.2 Å². The van der Waals surface area contributed by atoms with E-state index < -0.39 is 34.9 Å². The van der Waals surface area contributed by atoms with Crippen molar-refractivity contribution in [2.75, 3.05) is 36.9 Å². The average Bonchev–Trinajstić information content (AvgIpc) is 2.99. The van der Waals surface area contributed by atoms with E-state index in [4.69, 9.17) is 14.0 Å². The molecule has 0 saturated heterocycles. The standard InChI is InChI=1S/C30H28B2F6N2O3/c33-25-13-23(14-26(34)29(25)37)39-9-11-42-31-21-5-1-19(2-6-21)17-41-18-20-3-7-22(8-4-20)32-43-12-10-40-24-15-27(35)30(38)28(36)16-24/h1-8,13-16,31-32,39-40H,9-12,17-18H2. The molecule has 0 bridgehead atoms. The van der Waals surface area contributed by atoms with Crippen LogP contribution in [0.2, 0.25) is 0 Å². The molecule has 0 amide bonds. The van der Waals surface area contributed by atoms with Gasteiger partial charge in [0.1, 0.15) is 0 Å². The summed E-state index contributed by atoms with van der Waals surface area (Å²) in [6.07, 6.45) is 0. The molecule has 4 rings (SSSR count). The molecule has 13 heteroatoms. The fourth-order valence-corrected chi connectivity index (χ4v) is 3.98. The van der Waals surface area contributed by atoms with Crippen molar-refractivity contribution in [3.05, 3.63) is 119 Å². The number of rotatable bonds is 16. The largest absolute Gasteiger partial charge is 0.433 e. The summed E-state index contributed by atoms with van der Waals surface area (Å²) >= 11 is 0. The summed E-state index contributed by atoms with van der Waals surface area (Å²) < 4.78 is 96.0. The molecule has 5 nitrogen and oxygen atoms in total. The smallest absolute Gasteiger partial charge is 0.308 e. The summed E-state index contributed by atoms with van der Waals surface area (Å²) in [5.41, 5.74) is 4.17. The summed E-state index contributed by atoms with van der Waals surface area (Å²) in [5.74, 6) is -7.99. The third-order valence-corrected chi connectivity index (χ3v) is 6.24. The predicted octanol–water partition coefficient (Wildman–Crippen LogP) is 4.45. The molecule has 0 aliphatic rings.